The number of hydrogen-bond donors (Lipinski definition) is 1. The molecular formula is C29H32ClN3O2. The van der Waals surface area contributed by atoms with E-state index in [-0.39, 0.29) is 5.91 Å². The number of imidazole rings is 1. The first kappa shape index (κ1) is 24.8. The molecule has 4 aromatic rings. The first-order chi connectivity index (χ1) is 17.2. The minimum atomic E-state index is 0.0117. The van der Waals surface area contributed by atoms with E-state index in [0.29, 0.717) is 24.6 Å². The summed E-state index contributed by atoms with van der Waals surface area (Å²) < 4.78 is 8.20. The van der Waals surface area contributed by atoms with Gasteiger partial charge in [0.2, 0.25) is 5.91 Å². The van der Waals surface area contributed by atoms with Crippen molar-refractivity contribution >= 4 is 28.5 Å². The summed E-state index contributed by atoms with van der Waals surface area (Å²) in [7, 11) is 0. The highest BCUT2D eigenvalue weighted by Gasteiger charge is 2.10. The Bertz CT molecular complexity index is 1220. The number of unbranched alkanes of at least 4 members (excludes halogenated alkanes) is 2. The normalized spacial score (nSPS) is 11.0. The van der Waals surface area contributed by atoms with Gasteiger partial charge in [-0.25, -0.2) is 4.98 Å². The Hall–Kier alpha value is -3.31. The summed E-state index contributed by atoms with van der Waals surface area (Å²) in [6.07, 6.45) is 5.16. The second-order valence-electron chi connectivity index (χ2n) is 8.61. The monoisotopic (exact) mass is 489 g/mol. The van der Waals surface area contributed by atoms with E-state index >= 15 is 0 Å². The van der Waals surface area contributed by atoms with Crippen LogP contribution in [-0.4, -0.2) is 28.6 Å². The van der Waals surface area contributed by atoms with E-state index in [0.717, 1.165) is 61.3 Å². The van der Waals surface area contributed by atoms with Gasteiger partial charge in [0.1, 0.15) is 11.6 Å². The van der Waals surface area contributed by atoms with E-state index < -0.39 is 0 Å². The topological polar surface area (TPSA) is 56.2 Å². The van der Waals surface area contributed by atoms with E-state index in [9.17, 15) is 4.79 Å². The van der Waals surface area contributed by atoms with Crippen LogP contribution in [0.25, 0.3) is 11.0 Å². The highest BCUT2D eigenvalue weighted by molar-refractivity contribution is 6.31. The maximum atomic E-state index is 12.2. The summed E-state index contributed by atoms with van der Waals surface area (Å²) in [4.78, 5) is 17.1. The Balaban J connectivity index is 1.21. The summed E-state index contributed by atoms with van der Waals surface area (Å²) in [5.74, 6) is 2.04. The fourth-order valence-electron chi connectivity index (χ4n) is 4.19. The van der Waals surface area contributed by atoms with Crippen molar-refractivity contribution < 1.29 is 9.53 Å². The highest BCUT2D eigenvalue weighted by Crippen LogP contribution is 2.19. The lowest BCUT2D eigenvalue weighted by Crippen LogP contribution is -2.26. The van der Waals surface area contributed by atoms with Crippen LogP contribution < -0.4 is 10.1 Å². The van der Waals surface area contributed by atoms with E-state index in [1.165, 1.54) is 5.52 Å². The summed E-state index contributed by atoms with van der Waals surface area (Å²) in [5.41, 5.74) is 3.08. The number of ether oxygens (including phenoxy) is 1. The van der Waals surface area contributed by atoms with Crippen LogP contribution >= 0.6 is 11.6 Å². The molecule has 35 heavy (non-hydrogen) atoms. The number of aryl methyl sites for hydroxylation is 2. The lowest BCUT2D eigenvalue weighted by molar-refractivity contribution is -0.120. The quantitative estimate of drug-likeness (QED) is 0.226. The van der Waals surface area contributed by atoms with Gasteiger partial charge in [0, 0.05) is 24.5 Å². The standard InChI is InChI=1S/C29H32ClN3O2/c30-25-15-7-6-12-23(25)22-29(34)31-19-10-2-5-18-28-32-26-16-8-9-17-27(26)33(28)20-11-21-35-24-13-3-1-4-14-24/h1,3-4,6-9,12-17H,2,5,10-11,18-22H2,(H,31,34). The second-order valence-corrected chi connectivity index (χ2v) is 9.02. The molecule has 182 valence electrons. The molecule has 3 aromatic carbocycles. The zero-order chi connectivity index (χ0) is 24.3. The Morgan fingerprint density at radius 3 is 2.51 bits per heavy atom. The lowest BCUT2D eigenvalue weighted by atomic mass is 10.1. The first-order valence-corrected chi connectivity index (χ1v) is 12.7. The number of amides is 1. The van der Waals surface area contributed by atoms with Gasteiger partial charge in [-0.3, -0.25) is 4.79 Å². The third-order valence-corrected chi connectivity index (χ3v) is 6.35. The zero-order valence-corrected chi connectivity index (χ0v) is 20.7. The maximum Gasteiger partial charge on any atom is 0.224 e. The predicted molar refractivity (Wildman–Crippen MR) is 142 cm³/mol. The Morgan fingerprint density at radius 1 is 0.886 bits per heavy atom. The SMILES string of the molecule is O=C(Cc1ccccc1Cl)NCCCCCc1nc2ccccc2n1CCCOc1ccccc1. The van der Waals surface area contributed by atoms with Crippen molar-refractivity contribution in [3.63, 3.8) is 0 Å². The van der Waals surface area contributed by atoms with E-state index in [1.54, 1.807) is 0 Å². The average Bonchev–Trinajstić information content (AvgIpc) is 3.23. The predicted octanol–water partition coefficient (Wildman–Crippen LogP) is 6.23. The van der Waals surface area contributed by atoms with Crippen LogP contribution in [0.2, 0.25) is 5.02 Å². The molecule has 4 rings (SSSR count). The molecule has 0 spiro atoms. The third kappa shape index (κ3) is 7.33. The summed E-state index contributed by atoms with van der Waals surface area (Å²) >= 11 is 6.14. The molecule has 0 saturated carbocycles. The molecular weight excluding hydrogens is 458 g/mol. The largest absolute Gasteiger partial charge is 0.494 e. The fraction of sp³-hybridized carbons (Fsp3) is 0.310. The van der Waals surface area contributed by atoms with Gasteiger partial charge >= 0.3 is 0 Å². The summed E-state index contributed by atoms with van der Waals surface area (Å²) in [6.45, 7) is 2.22. The third-order valence-electron chi connectivity index (χ3n) is 5.98. The molecule has 5 nitrogen and oxygen atoms in total. The minimum Gasteiger partial charge on any atom is -0.494 e. The number of hydrogen-bond acceptors (Lipinski definition) is 3. The van der Waals surface area contributed by atoms with Gasteiger partial charge in [-0.1, -0.05) is 66.6 Å². The van der Waals surface area contributed by atoms with Gasteiger partial charge in [0.05, 0.1) is 24.1 Å². The second kappa shape index (κ2) is 13.0. The number of fused-ring (bicyclic) bond motifs is 1. The molecule has 0 aliphatic rings. The Labute approximate surface area is 212 Å². The summed E-state index contributed by atoms with van der Waals surface area (Å²) in [5, 5.41) is 3.64. The van der Waals surface area contributed by atoms with Gasteiger partial charge in [-0.05, 0) is 55.2 Å². The molecule has 0 fully saturated rings. The van der Waals surface area contributed by atoms with Crippen molar-refractivity contribution in [2.45, 2.75) is 45.1 Å². The van der Waals surface area contributed by atoms with E-state index in [4.69, 9.17) is 21.3 Å². The Morgan fingerprint density at radius 2 is 1.66 bits per heavy atom. The van der Waals surface area contributed by atoms with Crippen molar-refractivity contribution in [2.24, 2.45) is 0 Å². The molecule has 0 bridgehead atoms. The number of rotatable bonds is 13. The molecule has 0 radical (unpaired) electrons. The lowest BCUT2D eigenvalue weighted by Gasteiger charge is -2.11. The van der Waals surface area contributed by atoms with Crippen LogP contribution in [0.5, 0.6) is 5.75 Å². The summed E-state index contributed by atoms with van der Waals surface area (Å²) in [6, 6.07) is 25.7. The van der Waals surface area contributed by atoms with Crippen molar-refractivity contribution in [1.29, 1.82) is 0 Å². The van der Waals surface area contributed by atoms with Crippen LogP contribution in [-0.2, 0) is 24.2 Å². The number of halogens is 1. The molecule has 0 atom stereocenters. The van der Waals surface area contributed by atoms with Crippen LogP contribution in [0.4, 0.5) is 0 Å². The molecule has 6 heteroatoms. The number of carbonyl (C=O) groups is 1. The highest BCUT2D eigenvalue weighted by atomic mass is 35.5. The molecule has 1 amide bonds. The molecule has 0 unspecified atom stereocenters. The van der Waals surface area contributed by atoms with Gasteiger partial charge in [0.15, 0.2) is 0 Å². The molecule has 1 N–H and O–H groups in total. The minimum absolute atomic E-state index is 0.0117. The molecule has 0 aliphatic heterocycles. The smallest absolute Gasteiger partial charge is 0.224 e. The fourth-order valence-corrected chi connectivity index (χ4v) is 4.39. The number of benzene rings is 3. The van der Waals surface area contributed by atoms with Crippen molar-refractivity contribution in [3.8, 4) is 5.75 Å². The van der Waals surface area contributed by atoms with Gasteiger partial charge < -0.3 is 14.6 Å². The van der Waals surface area contributed by atoms with Crippen LogP contribution in [0, 0.1) is 0 Å². The van der Waals surface area contributed by atoms with Gasteiger partial charge in [-0.15, -0.1) is 0 Å². The molecule has 1 heterocycles. The number of nitrogens with one attached hydrogen (secondary N) is 1. The molecule has 0 saturated heterocycles. The zero-order valence-electron chi connectivity index (χ0n) is 20.0. The van der Waals surface area contributed by atoms with Crippen molar-refractivity contribution in [3.05, 3.63) is 95.3 Å². The number of carbonyl (C=O) groups excluding carboxylic acids is 1. The Kier molecular flexibility index (Phi) is 9.18. The maximum absolute atomic E-state index is 12.2. The molecule has 1 aromatic heterocycles. The van der Waals surface area contributed by atoms with Gasteiger partial charge in [0.25, 0.3) is 0 Å². The van der Waals surface area contributed by atoms with Crippen LogP contribution in [0.3, 0.4) is 0 Å². The number of nitrogens with zero attached hydrogens (tertiary/aromatic N) is 2. The number of aromatic nitrogens is 2. The van der Waals surface area contributed by atoms with Crippen LogP contribution in [0.1, 0.15) is 37.1 Å². The van der Waals surface area contributed by atoms with Gasteiger partial charge in [-0.2, -0.15) is 0 Å². The number of para-hydroxylation sites is 3. The molecule has 0 aliphatic carbocycles. The first-order valence-electron chi connectivity index (χ1n) is 12.3. The van der Waals surface area contributed by atoms with Crippen molar-refractivity contribution in [2.75, 3.05) is 13.2 Å². The van der Waals surface area contributed by atoms with Crippen molar-refractivity contribution in [1.82, 2.24) is 14.9 Å². The van der Waals surface area contributed by atoms with E-state index in [2.05, 4.69) is 28.1 Å². The average molecular weight is 490 g/mol. The van der Waals surface area contributed by atoms with E-state index in [1.807, 2.05) is 60.7 Å². The van der Waals surface area contributed by atoms with Crippen LogP contribution in [0.15, 0.2) is 78.9 Å².